The molecule has 1 heterocycles. The Kier molecular flexibility index (Phi) is 8.47. The number of amides is 3. The average Bonchev–Trinajstić information content (AvgIpc) is 3.24. The second-order valence-corrected chi connectivity index (χ2v) is 9.39. The largest absolute Gasteiger partial charge is 0.497 e. The lowest BCUT2D eigenvalue weighted by Crippen LogP contribution is -2.49. The van der Waals surface area contributed by atoms with Crippen LogP contribution < -0.4 is 20.3 Å². The molecule has 0 fully saturated rings. The molecule has 0 bridgehead atoms. The van der Waals surface area contributed by atoms with Gasteiger partial charge in [-0.05, 0) is 57.5 Å². The minimum Gasteiger partial charge on any atom is -0.497 e. The fourth-order valence-electron chi connectivity index (χ4n) is 3.64. The number of hydrogen-bond acceptors (Lipinski definition) is 6. The molecule has 0 saturated heterocycles. The number of methoxy groups -OCH3 is 1. The number of aromatic nitrogens is 1. The predicted octanol–water partition coefficient (Wildman–Crippen LogP) is 4.40. The summed E-state index contributed by atoms with van der Waals surface area (Å²) in [5.74, 6) is 0.371. The standard InChI is InChI=1S/C27H32N4O5/c1-18-17-22(30-36-18)28-23(32)15-16-24(33)31(20-9-7-6-8-10-20)25(26(34)29-27(2,3)4)19-11-13-21(35-5)14-12-19/h6-14,17,25H,15-16H2,1-5H3,(H,29,34)(H,28,30,32). The fraction of sp³-hybridized carbons (Fsp3) is 0.333. The molecule has 1 atom stereocenters. The normalized spacial score (nSPS) is 11.9. The molecule has 9 nitrogen and oxygen atoms in total. The van der Waals surface area contributed by atoms with Gasteiger partial charge in [0.15, 0.2) is 5.82 Å². The van der Waals surface area contributed by atoms with Gasteiger partial charge in [-0.3, -0.25) is 19.3 Å². The van der Waals surface area contributed by atoms with Crippen LogP contribution in [0.1, 0.15) is 51.0 Å². The summed E-state index contributed by atoms with van der Waals surface area (Å²) >= 11 is 0. The summed E-state index contributed by atoms with van der Waals surface area (Å²) in [6.45, 7) is 7.34. The van der Waals surface area contributed by atoms with Gasteiger partial charge < -0.3 is 19.9 Å². The maximum Gasteiger partial charge on any atom is 0.248 e. The Morgan fingerprint density at radius 1 is 1.03 bits per heavy atom. The van der Waals surface area contributed by atoms with E-state index in [4.69, 9.17) is 9.26 Å². The van der Waals surface area contributed by atoms with Crippen LogP contribution in [-0.2, 0) is 14.4 Å². The van der Waals surface area contributed by atoms with Crippen molar-refractivity contribution in [3.63, 3.8) is 0 Å². The van der Waals surface area contributed by atoms with E-state index in [0.717, 1.165) is 0 Å². The van der Waals surface area contributed by atoms with Gasteiger partial charge in [-0.2, -0.15) is 0 Å². The number of anilines is 2. The SMILES string of the molecule is COc1ccc(C(C(=O)NC(C)(C)C)N(C(=O)CCC(=O)Nc2cc(C)on2)c2ccccc2)cc1. The zero-order chi connectivity index (χ0) is 26.3. The van der Waals surface area contributed by atoms with E-state index in [-0.39, 0.29) is 36.4 Å². The van der Waals surface area contributed by atoms with E-state index in [1.54, 1.807) is 68.6 Å². The molecule has 0 aliphatic carbocycles. The van der Waals surface area contributed by atoms with Gasteiger partial charge in [0.1, 0.15) is 17.6 Å². The summed E-state index contributed by atoms with van der Waals surface area (Å²) in [4.78, 5) is 41.1. The topological polar surface area (TPSA) is 114 Å². The molecule has 36 heavy (non-hydrogen) atoms. The molecule has 3 aromatic rings. The van der Waals surface area contributed by atoms with E-state index in [1.807, 2.05) is 26.8 Å². The Balaban J connectivity index is 1.92. The van der Waals surface area contributed by atoms with E-state index in [9.17, 15) is 14.4 Å². The number of carbonyl (C=O) groups excluding carboxylic acids is 3. The predicted molar refractivity (Wildman–Crippen MR) is 137 cm³/mol. The number of hydrogen-bond donors (Lipinski definition) is 2. The van der Waals surface area contributed by atoms with Crippen molar-refractivity contribution in [2.24, 2.45) is 0 Å². The number of nitrogens with zero attached hydrogens (tertiary/aromatic N) is 2. The van der Waals surface area contributed by atoms with Crippen LogP contribution in [0.2, 0.25) is 0 Å². The van der Waals surface area contributed by atoms with E-state index < -0.39 is 11.6 Å². The number of rotatable bonds is 9. The molecule has 0 aliphatic heterocycles. The second kappa shape index (κ2) is 11.5. The molecule has 0 spiro atoms. The molecule has 2 N–H and O–H groups in total. The first-order valence-electron chi connectivity index (χ1n) is 11.6. The molecule has 2 aromatic carbocycles. The van der Waals surface area contributed by atoms with Crippen LogP contribution in [0, 0.1) is 6.92 Å². The van der Waals surface area contributed by atoms with Gasteiger partial charge in [0.25, 0.3) is 0 Å². The molecule has 9 heteroatoms. The molecule has 1 aromatic heterocycles. The van der Waals surface area contributed by atoms with Crippen LogP contribution in [0.25, 0.3) is 0 Å². The van der Waals surface area contributed by atoms with Gasteiger partial charge in [0, 0.05) is 30.1 Å². The van der Waals surface area contributed by atoms with Crippen molar-refractivity contribution >= 4 is 29.2 Å². The van der Waals surface area contributed by atoms with E-state index in [0.29, 0.717) is 22.8 Å². The van der Waals surface area contributed by atoms with E-state index >= 15 is 0 Å². The lowest BCUT2D eigenvalue weighted by Gasteiger charge is -2.34. The quantitative estimate of drug-likeness (QED) is 0.458. The number of para-hydroxylation sites is 1. The Morgan fingerprint density at radius 2 is 1.69 bits per heavy atom. The lowest BCUT2D eigenvalue weighted by molar-refractivity contribution is -0.128. The maximum atomic E-state index is 13.6. The first-order chi connectivity index (χ1) is 17.1. The Labute approximate surface area is 210 Å². The Hall–Kier alpha value is -4.14. The van der Waals surface area contributed by atoms with Crippen molar-refractivity contribution in [1.29, 1.82) is 0 Å². The van der Waals surface area contributed by atoms with Crippen molar-refractivity contribution < 1.29 is 23.6 Å². The first kappa shape index (κ1) is 26.5. The third-order valence-electron chi connectivity index (χ3n) is 5.20. The van der Waals surface area contributed by atoms with E-state index in [2.05, 4.69) is 15.8 Å². The van der Waals surface area contributed by atoms with Gasteiger partial charge >= 0.3 is 0 Å². The summed E-state index contributed by atoms with van der Waals surface area (Å²) in [5.41, 5.74) is 0.625. The average molecular weight is 493 g/mol. The molecule has 3 rings (SSSR count). The van der Waals surface area contributed by atoms with Gasteiger partial charge in [-0.1, -0.05) is 35.5 Å². The van der Waals surface area contributed by atoms with Crippen molar-refractivity contribution in [2.45, 2.75) is 52.1 Å². The van der Waals surface area contributed by atoms with Crippen LogP contribution in [0.5, 0.6) is 5.75 Å². The van der Waals surface area contributed by atoms with Gasteiger partial charge in [0.2, 0.25) is 17.7 Å². The van der Waals surface area contributed by atoms with Gasteiger partial charge in [-0.15, -0.1) is 0 Å². The summed E-state index contributed by atoms with van der Waals surface area (Å²) in [6.07, 6.45) is -0.211. The zero-order valence-electron chi connectivity index (χ0n) is 21.2. The van der Waals surface area contributed by atoms with Gasteiger partial charge in [0.05, 0.1) is 7.11 Å². The number of benzene rings is 2. The van der Waals surface area contributed by atoms with E-state index in [1.165, 1.54) is 4.90 Å². The smallest absolute Gasteiger partial charge is 0.248 e. The second-order valence-electron chi connectivity index (χ2n) is 9.39. The molecule has 0 saturated carbocycles. The molecule has 1 unspecified atom stereocenters. The number of nitrogens with one attached hydrogen (secondary N) is 2. The van der Waals surface area contributed by atoms with Crippen LogP contribution >= 0.6 is 0 Å². The number of ether oxygens (including phenoxy) is 1. The van der Waals surface area contributed by atoms with Crippen LogP contribution in [0.15, 0.2) is 65.2 Å². The maximum absolute atomic E-state index is 13.6. The third-order valence-corrected chi connectivity index (χ3v) is 5.20. The van der Waals surface area contributed by atoms with Crippen LogP contribution in [0.4, 0.5) is 11.5 Å². The molecule has 0 aliphatic rings. The minimum absolute atomic E-state index is 0.0930. The van der Waals surface area contributed by atoms with Crippen molar-refractivity contribution in [3.05, 3.63) is 72.0 Å². The highest BCUT2D eigenvalue weighted by Crippen LogP contribution is 2.30. The molecular weight excluding hydrogens is 460 g/mol. The number of carbonyl (C=O) groups is 3. The van der Waals surface area contributed by atoms with Crippen LogP contribution in [0.3, 0.4) is 0 Å². The monoisotopic (exact) mass is 492 g/mol. The number of aryl methyl sites for hydroxylation is 1. The molecule has 190 valence electrons. The highest BCUT2D eigenvalue weighted by molar-refractivity contribution is 6.03. The van der Waals surface area contributed by atoms with Crippen LogP contribution in [-0.4, -0.2) is 35.5 Å². The molecular formula is C27H32N4O5. The Morgan fingerprint density at radius 3 is 2.25 bits per heavy atom. The summed E-state index contributed by atoms with van der Waals surface area (Å²) in [6, 6.07) is 16.6. The highest BCUT2D eigenvalue weighted by atomic mass is 16.5. The molecule has 0 radical (unpaired) electrons. The molecule has 3 amide bonds. The van der Waals surface area contributed by atoms with Crippen molar-refractivity contribution in [3.8, 4) is 5.75 Å². The summed E-state index contributed by atoms with van der Waals surface area (Å²) in [7, 11) is 1.56. The summed E-state index contributed by atoms with van der Waals surface area (Å²) in [5, 5.41) is 9.35. The van der Waals surface area contributed by atoms with Crippen molar-refractivity contribution in [2.75, 3.05) is 17.3 Å². The fourth-order valence-corrected chi connectivity index (χ4v) is 3.64. The van der Waals surface area contributed by atoms with Gasteiger partial charge in [-0.25, -0.2) is 0 Å². The van der Waals surface area contributed by atoms with Crippen molar-refractivity contribution in [1.82, 2.24) is 10.5 Å². The Bertz CT molecular complexity index is 1180. The lowest BCUT2D eigenvalue weighted by atomic mass is 10.00. The third kappa shape index (κ3) is 7.18. The minimum atomic E-state index is -0.966. The summed E-state index contributed by atoms with van der Waals surface area (Å²) < 4.78 is 10.2. The zero-order valence-corrected chi connectivity index (χ0v) is 21.2. The highest BCUT2D eigenvalue weighted by Gasteiger charge is 2.34. The first-order valence-corrected chi connectivity index (χ1v) is 11.6.